The molecule has 2 aromatic rings. The molecule has 0 heterocycles. The molecule has 0 saturated carbocycles. The van der Waals surface area contributed by atoms with Crippen molar-refractivity contribution < 1.29 is 21.6 Å². The zero-order valence-corrected chi connectivity index (χ0v) is 11.9. The van der Waals surface area contributed by atoms with Crippen LogP contribution in [0.3, 0.4) is 0 Å². The van der Waals surface area contributed by atoms with Gasteiger partial charge in [0.2, 0.25) is 0 Å². The van der Waals surface area contributed by atoms with Crippen molar-refractivity contribution in [3.8, 4) is 11.1 Å². The number of alkyl halides is 3. The van der Waals surface area contributed by atoms with Gasteiger partial charge < -0.3 is 0 Å². The molecule has 6 heteroatoms. The standard InChI is InChI=1S/C15H12F3O2S/c1-2-21(19,20)14-5-3-4-12(10-14)11-6-8-13(9-7-11)15(16,17)18/h3-4,6-10H,2H2,1H3. The second kappa shape index (κ2) is 5.52. The van der Waals surface area contributed by atoms with Gasteiger partial charge in [0, 0.05) is 6.07 Å². The van der Waals surface area contributed by atoms with Crippen LogP contribution in [0.1, 0.15) is 12.5 Å². The minimum absolute atomic E-state index is 0.0439. The molecule has 2 aromatic carbocycles. The highest BCUT2D eigenvalue weighted by Gasteiger charge is 2.29. The Balaban J connectivity index is 2.42. The molecule has 0 unspecified atom stereocenters. The number of hydrogen-bond acceptors (Lipinski definition) is 2. The molecule has 0 aliphatic rings. The Labute approximate surface area is 121 Å². The van der Waals surface area contributed by atoms with Gasteiger partial charge in [0.05, 0.1) is 16.2 Å². The van der Waals surface area contributed by atoms with Crippen molar-refractivity contribution in [3.05, 3.63) is 54.1 Å². The molecule has 21 heavy (non-hydrogen) atoms. The van der Waals surface area contributed by atoms with E-state index in [0.29, 0.717) is 11.1 Å². The number of rotatable bonds is 3. The van der Waals surface area contributed by atoms with E-state index in [-0.39, 0.29) is 10.6 Å². The first-order chi connectivity index (χ1) is 9.74. The van der Waals surface area contributed by atoms with E-state index < -0.39 is 21.6 Å². The summed E-state index contributed by atoms with van der Waals surface area (Å²) in [6, 6.07) is 11.7. The van der Waals surface area contributed by atoms with Crippen LogP contribution in [0.5, 0.6) is 0 Å². The third kappa shape index (κ3) is 3.44. The fourth-order valence-corrected chi connectivity index (χ4v) is 2.68. The van der Waals surface area contributed by atoms with Gasteiger partial charge in [-0.05, 0) is 29.3 Å². The van der Waals surface area contributed by atoms with Crippen molar-refractivity contribution in [2.24, 2.45) is 0 Å². The summed E-state index contributed by atoms with van der Waals surface area (Å²) < 4.78 is 61.1. The van der Waals surface area contributed by atoms with E-state index in [0.717, 1.165) is 12.1 Å². The number of halogens is 3. The van der Waals surface area contributed by atoms with Gasteiger partial charge in [0.25, 0.3) is 0 Å². The van der Waals surface area contributed by atoms with Crippen LogP contribution >= 0.6 is 0 Å². The van der Waals surface area contributed by atoms with E-state index in [9.17, 15) is 21.6 Å². The van der Waals surface area contributed by atoms with Crippen molar-refractivity contribution in [2.45, 2.75) is 18.0 Å². The average molecular weight is 313 g/mol. The molecular weight excluding hydrogens is 301 g/mol. The van der Waals surface area contributed by atoms with Gasteiger partial charge in [-0.1, -0.05) is 31.2 Å². The topological polar surface area (TPSA) is 34.1 Å². The van der Waals surface area contributed by atoms with E-state index in [1.165, 1.54) is 31.2 Å². The summed E-state index contributed by atoms with van der Waals surface area (Å²) in [5, 5.41) is 0. The molecule has 0 aliphatic heterocycles. The van der Waals surface area contributed by atoms with Crippen LogP contribution in [0.4, 0.5) is 13.2 Å². The zero-order valence-electron chi connectivity index (χ0n) is 11.1. The maximum absolute atomic E-state index is 12.5. The Morgan fingerprint density at radius 3 is 2.19 bits per heavy atom. The summed E-state index contributed by atoms with van der Waals surface area (Å²) in [6.07, 6.45) is -4.39. The zero-order chi connectivity index (χ0) is 15.7. The summed E-state index contributed by atoms with van der Waals surface area (Å²) in [7, 11) is -3.40. The molecule has 0 amide bonds. The van der Waals surface area contributed by atoms with Gasteiger partial charge in [-0.2, -0.15) is 13.2 Å². The van der Waals surface area contributed by atoms with Crippen molar-refractivity contribution in [1.29, 1.82) is 0 Å². The highest BCUT2D eigenvalue weighted by molar-refractivity contribution is 7.91. The smallest absolute Gasteiger partial charge is 0.224 e. The first-order valence-electron chi connectivity index (χ1n) is 6.16. The van der Waals surface area contributed by atoms with Gasteiger partial charge in [-0.15, -0.1) is 0 Å². The second-order valence-corrected chi connectivity index (χ2v) is 6.67. The van der Waals surface area contributed by atoms with E-state index in [1.807, 2.05) is 0 Å². The fraction of sp³-hybridized carbons (Fsp3) is 0.200. The first-order valence-corrected chi connectivity index (χ1v) is 7.81. The molecule has 0 fully saturated rings. The molecule has 0 aromatic heterocycles. The van der Waals surface area contributed by atoms with Gasteiger partial charge in [0.1, 0.15) is 0 Å². The van der Waals surface area contributed by atoms with E-state index in [4.69, 9.17) is 0 Å². The molecule has 2 rings (SSSR count). The Morgan fingerprint density at radius 1 is 1.05 bits per heavy atom. The SMILES string of the molecule is CCS(=O)(=O)c1[c]ccc(-c2ccc(C(F)(F)F)cc2)c1. The lowest BCUT2D eigenvalue weighted by atomic mass is 10.0. The van der Waals surface area contributed by atoms with Gasteiger partial charge in [0.15, 0.2) is 9.84 Å². The van der Waals surface area contributed by atoms with Crippen LogP contribution in [-0.4, -0.2) is 14.2 Å². The summed E-state index contributed by atoms with van der Waals surface area (Å²) in [4.78, 5) is 0.0439. The van der Waals surface area contributed by atoms with Gasteiger partial charge in [-0.3, -0.25) is 0 Å². The Bertz CT molecular complexity index is 732. The molecule has 0 N–H and O–H groups in total. The molecule has 0 spiro atoms. The van der Waals surface area contributed by atoms with Gasteiger partial charge in [-0.25, -0.2) is 8.42 Å². The van der Waals surface area contributed by atoms with Crippen molar-refractivity contribution in [1.82, 2.24) is 0 Å². The lowest BCUT2D eigenvalue weighted by Gasteiger charge is -2.08. The number of benzene rings is 2. The molecule has 0 atom stereocenters. The molecule has 1 radical (unpaired) electrons. The second-order valence-electron chi connectivity index (χ2n) is 4.42. The summed E-state index contributed by atoms with van der Waals surface area (Å²) in [5.74, 6) is -0.0556. The summed E-state index contributed by atoms with van der Waals surface area (Å²) in [6.45, 7) is 1.52. The third-order valence-electron chi connectivity index (χ3n) is 3.04. The maximum atomic E-state index is 12.5. The van der Waals surface area contributed by atoms with E-state index in [1.54, 1.807) is 6.07 Å². The van der Waals surface area contributed by atoms with Crippen molar-refractivity contribution >= 4 is 9.84 Å². The lowest BCUT2D eigenvalue weighted by Crippen LogP contribution is -2.04. The highest BCUT2D eigenvalue weighted by atomic mass is 32.2. The van der Waals surface area contributed by atoms with Crippen LogP contribution in [0.2, 0.25) is 0 Å². The minimum atomic E-state index is -4.39. The summed E-state index contributed by atoms with van der Waals surface area (Å²) >= 11 is 0. The van der Waals surface area contributed by atoms with E-state index >= 15 is 0 Å². The van der Waals surface area contributed by atoms with Gasteiger partial charge >= 0.3 is 6.18 Å². The molecule has 0 bridgehead atoms. The number of sulfone groups is 1. The normalized spacial score (nSPS) is 12.4. The van der Waals surface area contributed by atoms with Crippen LogP contribution in [-0.2, 0) is 16.0 Å². The Hall–Kier alpha value is -1.82. The molecule has 0 aliphatic carbocycles. The molecule has 0 saturated heterocycles. The highest BCUT2D eigenvalue weighted by Crippen LogP contribution is 2.31. The molecular formula is C15H12F3O2S. The predicted molar refractivity (Wildman–Crippen MR) is 73.4 cm³/mol. The van der Waals surface area contributed by atoms with Crippen molar-refractivity contribution in [3.63, 3.8) is 0 Å². The monoisotopic (exact) mass is 313 g/mol. The third-order valence-corrected chi connectivity index (χ3v) is 4.70. The van der Waals surface area contributed by atoms with Crippen LogP contribution in [0.15, 0.2) is 47.4 Å². The summed E-state index contributed by atoms with van der Waals surface area (Å²) in [5.41, 5.74) is 0.314. The van der Waals surface area contributed by atoms with Crippen LogP contribution in [0.25, 0.3) is 11.1 Å². The van der Waals surface area contributed by atoms with Crippen molar-refractivity contribution in [2.75, 3.05) is 5.75 Å². The number of hydrogen-bond donors (Lipinski definition) is 0. The lowest BCUT2D eigenvalue weighted by molar-refractivity contribution is -0.137. The predicted octanol–water partition coefficient (Wildman–Crippen LogP) is 3.97. The minimum Gasteiger partial charge on any atom is -0.224 e. The average Bonchev–Trinajstić information content (AvgIpc) is 2.46. The van der Waals surface area contributed by atoms with Crippen LogP contribution in [0, 0.1) is 6.07 Å². The largest absolute Gasteiger partial charge is 0.416 e. The molecule has 2 nitrogen and oxygen atoms in total. The van der Waals surface area contributed by atoms with Crippen LogP contribution < -0.4 is 0 Å². The Morgan fingerprint density at radius 2 is 1.67 bits per heavy atom. The quantitative estimate of drug-likeness (QED) is 0.859. The van der Waals surface area contributed by atoms with E-state index in [2.05, 4.69) is 6.07 Å². The Kier molecular flexibility index (Phi) is 4.09. The molecule has 111 valence electrons. The maximum Gasteiger partial charge on any atom is 0.416 e. The fourth-order valence-electron chi connectivity index (χ4n) is 1.81. The first kappa shape index (κ1) is 15.6.